The smallest absolute Gasteiger partial charge is 0.416 e. The number of allylic oxidation sites excluding steroid dienone is 1. The Morgan fingerprint density at radius 1 is 1.19 bits per heavy atom. The Balaban J connectivity index is 1.87. The average molecular weight is 438 g/mol. The van der Waals surface area contributed by atoms with Gasteiger partial charge in [-0.15, -0.1) is 0 Å². The zero-order valence-electron chi connectivity index (χ0n) is 16.7. The van der Waals surface area contributed by atoms with Crippen molar-refractivity contribution in [3.8, 4) is 0 Å². The molecule has 164 valence electrons. The van der Waals surface area contributed by atoms with E-state index in [-0.39, 0.29) is 29.4 Å². The van der Waals surface area contributed by atoms with Crippen LogP contribution in [0.25, 0.3) is 5.57 Å². The third-order valence-corrected chi connectivity index (χ3v) is 4.81. The van der Waals surface area contributed by atoms with E-state index in [1.54, 1.807) is 0 Å². The maximum absolute atomic E-state index is 14.2. The van der Waals surface area contributed by atoms with Crippen molar-refractivity contribution in [2.24, 2.45) is 0 Å². The van der Waals surface area contributed by atoms with Crippen LogP contribution in [0.1, 0.15) is 31.9 Å². The quantitative estimate of drug-likeness (QED) is 0.583. The number of anilines is 1. The molecule has 0 saturated heterocycles. The van der Waals surface area contributed by atoms with Gasteiger partial charge in [0.05, 0.1) is 11.1 Å². The molecular formula is C20H18F4N4O3. The number of nitrogens with zero attached hydrogens (tertiary/aromatic N) is 3. The van der Waals surface area contributed by atoms with Crippen molar-refractivity contribution in [2.75, 3.05) is 12.0 Å². The topological polar surface area (TPSA) is 84.4 Å². The molecule has 3 rings (SSSR count). The van der Waals surface area contributed by atoms with E-state index in [4.69, 9.17) is 4.74 Å². The van der Waals surface area contributed by atoms with Crippen LogP contribution in [0, 0.1) is 5.95 Å². The standard InChI is InChI=1S/C20H18F4N4O3/c1-11-15(13-5-4-7-26-16(13)21)17(29)28(10-31-11)19(2,3)18(30)27-14-9-12(6-8-25-14)20(22,23)24/h4-9H,10H2,1-3H3,(H,25,27,30). The first-order chi connectivity index (χ1) is 14.4. The molecule has 0 saturated carbocycles. The first-order valence-corrected chi connectivity index (χ1v) is 9.04. The number of carbonyl (C=O) groups excluding carboxylic acids is 2. The van der Waals surface area contributed by atoms with E-state index in [0.29, 0.717) is 6.07 Å². The van der Waals surface area contributed by atoms with Crippen LogP contribution in [0.5, 0.6) is 0 Å². The molecule has 0 aromatic carbocycles. The Morgan fingerprint density at radius 3 is 2.55 bits per heavy atom. The number of hydrogen-bond acceptors (Lipinski definition) is 5. The van der Waals surface area contributed by atoms with Gasteiger partial charge in [0.1, 0.15) is 17.1 Å². The van der Waals surface area contributed by atoms with Crippen LogP contribution in [0.3, 0.4) is 0 Å². The fourth-order valence-corrected chi connectivity index (χ4v) is 2.94. The Kier molecular flexibility index (Phi) is 5.70. The highest BCUT2D eigenvalue weighted by molar-refractivity contribution is 6.21. The van der Waals surface area contributed by atoms with Crippen LogP contribution < -0.4 is 5.32 Å². The van der Waals surface area contributed by atoms with E-state index in [0.717, 1.165) is 17.2 Å². The minimum absolute atomic E-state index is 0.0922. The Bertz CT molecular complexity index is 1070. The van der Waals surface area contributed by atoms with Gasteiger partial charge in [-0.25, -0.2) is 9.97 Å². The molecule has 0 unspecified atom stereocenters. The second-order valence-corrected chi connectivity index (χ2v) is 7.22. The highest BCUT2D eigenvalue weighted by atomic mass is 19.4. The summed E-state index contributed by atoms with van der Waals surface area (Å²) in [5.41, 5.74) is -2.75. The lowest BCUT2D eigenvalue weighted by Crippen LogP contribution is -2.57. The predicted molar refractivity (Wildman–Crippen MR) is 102 cm³/mol. The molecule has 1 aliphatic heterocycles. The van der Waals surface area contributed by atoms with Gasteiger partial charge in [0, 0.05) is 18.0 Å². The van der Waals surface area contributed by atoms with E-state index < -0.39 is 35.0 Å². The van der Waals surface area contributed by atoms with Gasteiger partial charge in [-0.1, -0.05) is 0 Å². The number of nitrogens with one attached hydrogen (secondary N) is 1. The SMILES string of the molecule is CC1=C(c2cccnc2F)C(=O)N(C(C)(C)C(=O)Nc2cc(C(F)(F)F)ccn2)CO1. The molecule has 0 atom stereocenters. The molecule has 0 aliphatic carbocycles. The summed E-state index contributed by atoms with van der Waals surface area (Å²) in [4.78, 5) is 34.3. The predicted octanol–water partition coefficient (Wildman–Crippen LogP) is 3.60. The van der Waals surface area contributed by atoms with Crippen molar-refractivity contribution in [2.45, 2.75) is 32.5 Å². The summed E-state index contributed by atoms with van der Waals surface area (Å²) >= 11 is 0. The minimum Gasteiger partial charge on any atom is -0.477 e. The van der Waals surface area contributed by atoms with Gasteiger partial charge in [0.15, 0.2) is 6.73 Å². The van der Waals surface area contributed by atoms with E-state index in [2.05, 4.69) is 15.3 Å². The Hall–Kier alpha value is -3.50. The molecule has 2 amide bonds. The average Bonchev–Trinajstić information content (AvgIpc) is 2.68. The lowest BCUT2D eigenvalue weighted by atomic mass is 9.97. The van der Waals surface area contributed by atoms with E-state index in [1.165, 1.54) is 39.1 Å². The van der Waals surface area contributed by atoms with Gasteiger partial charge >= 0.3 is 6.18 Å². The van der Waals surface area contributed by atoms with Crippen LogP contribution in [0.15, 0.2) is 42.4 Å². The number of rotatable bonds is 4. The molecule has 2 aromatic heterocycles. The number of halogens is 4. The van der Waals surface area contributed by atoms with Crippen molar-refractivity contribution in [1.82, 2.24) is 14.9 Å². The number of amides is 2. The fourth-order valence-electron chi connectivity index (χ4n) is 2.94. The molecule has 7 nitrogen and oxygen atoms in total. The van der Waals surface area contributed by atoms with Crippen LogP contribution in [0.2, 0.25) is 0 Å². The van der Waals surface area contributed by atoms with Crippen LogP contribution in [-0.2, 0) is 20.5 Å². The maximum Gasteiger partial charge on any atom is 0.416 e. The highest BCUT2D eigenvalue weighted by Crippen LogP contribution is 2.33. The van der Waals surface area contributed by atoms with Crippen molar-refractivity contribution in [3.05, 3.63) is 59.5 Å². The van der Waals surface area contributed by atoms with Gasteiger partial charge in [-0.05, 0) is 45.0 Å². The number of pyridine rings is 2. The molecule has 11 heteroatoms. The summed E-state index contributed by atoms with van der Waals surface area (Å²) in [5.74, 6) is -2.55. The number of aromatic nitrogens is 2. The van der Waals surface area contributed by atoms with Crippen molar-refractivity contribution >= 4 is 23.2 Å². The third kappa shape index (κ3) is 4.35. The second kappa shape index (κ2) is 7.97. The van der Waals surface area contributed by atoms with Crippen LogP contribution >= 0.6 is 0 Å². The second-order valence-electron chi connectivity index (χ2n) is 7.22. The number of alkyl halides is 3. The van der Waals surface area contributed by atoms with Crippen molar-refractivity contribution in [3.63, 3.8) is 0 Å². The van der Waals surface area contributed by atoms with E-state index >= 15 is 0 Å². The monoisotopic (exact) mass is 438 g/mol. The molecule has 0 bridgehead atoms. The first-order valence-electron chi connectivity index (χ1n) is 9.04. The summed E-state index contributed by atoms with van der Waals surface area (Å²) in [6.07, 6.45) is -2.48. The zero-order chi connectivity index (χ0) is 23.0. The molecule has 1 aliphatic rings. The zero-order valence-corrected chi connectivity index (χ0v) is 16.7. The molecule has 2 aromatic rings. The van der Waals surface area contributed by atoms with Crippen molar-refractivity contribution in [1.29, 1.82) is 0 Å². The molecular weight excluding hydrogens is 420 g/mol. The maximum atomic E-state index is 14.2. The highest BCUT2D eigenvalue weighted by Gasteiger charge is 2.43. The molecule has 0 radical (unpaired) electrons. The van der Waals surface area contributed by atoms with Gasteiger partial charge in [-0.3, -0.25) is 14.5 Å². The van der Waals surface area contributed by atoms with E-state index in [9.17, 15) is 27.2 Å². The molecule has 3 heterocycles. The molecule has 0 fully saturated rings. The summed E-state index contributed by atoms with van der Waals surface area (Å²) in [7, 11) is 0. The number of ether oxygens (including phenoxy) is 1. The van der Waals surface area contributed by atoms with Gasteiger partial charge in [0.2, 0.25) is 5.95 Å². The summed E-state index contributed by atoms with van der Waals surface area (Å²) < 4.78 is 58.4. The normalized spacial score (nSPS) is 15.1. The lowest BCUT2D eigenvalue weighted by Gasteiger charge is -2.40. The Labute approximate surface area is 174 Å². The van der Waals surface area contributed by atoms with Gasteiger partial charge in [-0.2, -0.15) is 17.6 Å². The summed E-state index contributed by atoms with van der Waals surface area (Å²) in [6, 6.07) is 4.25. The minimum atomic E-state index is -4.61. The summed E-state index contributed by atoms with van der Waals surface area (Å²) in [5, 5.41) is 2.29. The van der Waals surface area contributed by atoms with Gasteiger partial charge in [0.25, 0.3) is 11.8 Å². The van der Waals surface area contributed by atoms with E-state index in [1.807, 2.05) is 0 Å². The van der Waals surface area contributed by atoms with Crippen LogP contribution in [-0.4, -0.2) is 39.0 Å². The number of carbonyl (C=O) groups is 2. The van der Waals surface area contributed by atoms with Crippen LogP contribution in [0.4, 0.5) is 23.4 Å². The first kappa shape index (κ1) is 22.2. The summed E-state index contributed by atoms with van der Waals surface area (Å²) in [6.45, 7) is 3.94. The fraction of sp³-hybridized carbons (Fsp3) is 0.300. The number of hydrogen-bond donors (Lipinski definition) is 1. The van der Waals surface area contributed by atoms with Gasteiger partial charge < -0.3 is 10.1 Å². The lowest BCUT2D eigenvalue weighted by molar-refractivity contribution is -0.147. The molecule has 1 N–H and O–H groups in total. The molecule has 0 spiro atoms. The van der Waals surface area contributed by atoms with Crippen molar-refractivity contribution < 1.29 is 31.9 Å². The third-order valence-electron chi connectivity index (χ3n) is 4.81. The largest absolute Gasteiger partial charge is 0.477 e. The Morgan fingerprint density at radius 2 is 1.90 bits per heavy atom. The molecule has 31 heavy (non-hydrogen) atoms.